The average molecular weight is 341 g/mol. The molecular weight excluding hydrogens is 320 g/mol. The van der Waals surface area contributed by atoms with E-state index in [1.54, 1.807) is 0 Å². The van der Waals surface area contributed by atoms with Crippen molar-refractivity contribution in [2.75, 3.05) is 7.05 Å². The van der Waals surface area contributed by atoms with Crippen LogP contribution in [0.1, 0.15) is 25.1 Å². The molecule has 0 aliphatic heterocycles. The predicted molar refractivity (Wildman–Crippen MR) is 91.7 cm³/mol. The quantitative estimate of drug-likeness (QED) is 0.818. The number of hydrogen-bond donors (Lipinski definition) is 1. The number of rotatable bonds is 6. The zero-order chi connectivity index (χ0) is 16.1. The van der Waals surface area contributed by atoms with E-state index in [0.29, 0.717) is 23.2 Å². The largest absolute Gasteiger partial charge is 0.358 e. The highest BCUT2D eigenvalue weighted by Gasteiger charge is 2.11. The Morgan fingerprint density at radius 2 is 2.05 bits per heavy atom. The summed E-state index contributed by atoms with van der Waals surface area (Å²) in [6.07, 6.45) is 5.69. The van der Waals surface area contributed by atoms with Crippen molar-refractivity contribution in [2.45, 2.75) is 40.0 Å². The molecule has 0 saturated carbocycles. The molecule has 0 aliphatic rings. The highest BCUT2D eigenvalue weighted by atomic mass is 35.5. The minimum Gasteiger partial charge on any atom is -0.358 e. The number of aromatic nitrogens is 4. The van der Waals surface area contributed by atoms with Crippen LogP contribution in [0.3, 0.4) is 0 Å². The van der Waals surface area contributed by atoms with Gasteiger partial charge in [0, 0.05) is 44.6 Å². The van der Waals surface area contributed by atoms with Gasteiger partial charge in [0.15, 0.2) is 5.11 Å². The summed E-state index contributed by atoms with van der Waals surface area (Å²) in [4.78, 5) is 1.92. The maximum Gasteiger partial charge on any atom is 0.169 e. The number of hydrogen-bond acceptors (Lipinski definition) is 3. The Morgan fingerprint density at radius 3 is 2.64 bits per heavy atom. The number of nitrogens with one attached hydrogen (secondary N) is 1. The Hall–Kier alpha value is -1.60. The Balaban J connectivity index is 1.87. The summed E-state index contributed by atoms with van der Waals surface area (Å²) in [5, 5.41) is 13.2. The molecule has 1 N–H and O–H groups in total. The van der Waals surface area contributed by atoms with E-state index >= 15 is 0 Å². The third kappa shape index (κ3) is 4.20. The molecule has 0 aliphatic carbocycles. The molecule has 0 spiro atoms. The van der Waals surface area contributed by atoms with Gasteiger partial charge in [-0.3, -0.25) is 9.36 Å². The third-order valence-electron chi connectivity index (χ3n) is 3.30. The topological polar surface area (TPSA) is 50.9 Å². The lowest BCUT2D eigenvalue weighted by Gasteiger charge is -2.20. The molecule has 0 bridgehead atoms. The molecule has 0 atom stereocenters. The van der Waals surface area contributed by atoms with Gasteiger partial charge < -0.3 is 10.2 Å². The Labute approximate surface area is 141 Å². The second kappa shape index (κ2) is 7.60. The van der Waals surface area contributed by atoms with Gasteiger partial charge in [0.1, 0.15) is 5.69 Å². The van der Waals surface area contributed by atoms with Gasteiger partial charge in [-0.25, -0.2) is 0 Å². The van der Waals surface area contributed by atoms with Crippen molar-refractivity contribution in [2.24, 2.45) is 0 Å². The van der Waals surface area contributed by atoms with Crippen molar-refractivity contribution in [3.8, 4) is 0 Å². The molecule has 2 aromatic heterocycles. The van der Waals surface area contributed by atoms with Crippen molar-refractivity contribution in [3.63, 3.8) is 0 Å². The number of nitrogens with zero attached hydrogens (tertiary/aromatic N) is 5. The Kier molecular flexibility index (Phi) is 5.79. The van der Waals surface area contributed by atoms with Gasteiger partial charge in [0.2, 0.25) is 0 Å². The monoisotopic (exact) mass is 340 g/mol. The van der Waals surface area contributed by atoms with E-state index in [4.69, 9.17) is 23.8 Å². The van der Waals surface area contributed by atoms with Gasteiger partial charge in [-0.05, 0) is 26.1 Å². The normalized spacial score (nSPS) is 10.7. The number of thiocarbonyl (C=S) groups is 1. The minimum absolute atomic E-state index is 0.575. The molecule has 0 saturated heterocycles. The van der Waals surface area contributed by atoms with E-state index in [1.807, 2.05) is 46.8 Å². The summed E-state index contributed by atoms with van der Waals surface area (Å²) in [5.74, 6) is 0. The summed E-state index contributed by atoms with van der Waals surface area (Å²) in [7, 11) is 1.92. The van der Waals surface area contributed by atoms with Gasteiger partial charge in [-0.2, -0.15) is 10.2 Å². The molecule has 2 rings (SSSR count). The predicted octanol–water partition coefficient (Wildman–Crippen LogP) is 2.28. The average Bonchev–Trinajstić information content (AvgIpc) is 3.11. The summed E-state index contributed by atoms with van der Waals surface area (Å²) in [6.45, 7) is 6.98. The van der Waals surface area contributed by atoms with Gasteiger partial charge >= 0.3 is 0 Å². The lowest BCUT2D eigenvalue weighted by Crippen LogP contribution is -2.36. The summed E-state index contributed by atoms with van der Waals surface area (Å²) >= 11 is 11.6. The van der Waals surface area contributed by atoms with Crippen molar-refractivity contribution in [3.05, 3.63) is 34.9 Å². The van der Waals surface area contributed by atoms with Crippen molar-refractivity contribution < 1.29 is 0 Å². The second-order valence-corrected chi connectivity index (χ2v) is 5.79. The lowest BCUT2D eigenvalue weighted by atomic mass is 10.3. The third-order valence-corrected chi connectivity index (χ3v) is 4.07. The highest BCUT2D eigenvalue weighted by Crippen LogP contribution is 2.15. The molecule has 0 amide bonds. The van der Waals surface area contributed by atoms with Gasteiger partial charge in [0.25, 0.3) is 0 Å². The first kappa shape index (κ1) is 16.8. The molecule has 2 aromatic rings. The van der Waals surface area contributed by atoms with Crippen molar-refractivity contribution in [1.82, 2.24) is 29.8 Å². The van der Waals surface area contributed by atoms with E-state index in [0.717, 1.165) is 24.3 Å². The fourth-order valence-electron chi connectivity index (χ4n) is 1.99. The Morgan fingerprint density at radius 1 is 1.32 bits per heavy atom. The Bertz CT molecular complexity index is 635. The molecule has 22 heavy (non-hydrogen) atoms. The molecule has 120 valence electrons. The van der Waals surface area contributed by atoms with Crippen LogP contribution in [-0.4, -0.2) is 36.6 Å². The summed E-state index contributed by atoms with van der Waals surface area (Å²) in [6, 6.07) is 0. The molecule has 0 fully saturated rings. The van der Waals surface area contributed by atoms with Crippen LogP contribution < -0.4 is 5.32 Å². The standard InChI is InChI=1S/C14H21ClN6S/c1-4-20-8-11(7-17-20)6-16-14(22)19(3)10-13-12(15)9-21(5-2)18-13/h7-9H,4-6,10H2,1-3H3,(H,16,22). The molecule has 0 unspecified atom stereocenters. The van der Waals surface area contributed by atoms with Crippen LogP contribution in [-0.2, 0) is 26.2 Å². The fourth-order valence-corrected chi connectivity index (χ4v) is 2.33. The SMILES string of the molecule is CCn1cc(CNC(=S)N(C)Cc2nn(CC)cc2Cl)cn1. The first-order chi connectivity index (χ1) is 10.5. The van der Waals surface area contributed by atoms with Crippen molar-refractivity contribution >= 4 is 28.9 Å². The van der Waals surface area contributed by atoms with E-state index in [-0.39, 0.29) is 0 Å². The van der Waals surface area contributed by atoms with Gasteiger partial charge in [0.05, 0.1) is 17.8 Å². The first-order valence-corrected chi connectivity index (χ1v) is 8.04. The molecule has 0 aromatic carbocycles. The lowest BCUT2D eigenvalue weighted by molar-refractivity contribution is 0.475. The zero-order valence-corrected chi connectivity index (χ0v) is 14.7. The van der Waals surface area contributed by atoms with Crippen LogP contribution in [0.15, 0.2) is 18.6 Å². The van der Waals surface area contributed by atoms with E-state index < -0.39 is 0 Å². The number of halogens is 1. The van der Waals surface area contributed by atoms with Crippen LogP contribution in [0.25, 0.3) is 0 Å². The van der Waals surface area contributed by atoms with E-state index in [1.165, 1.54) is 0 Å². The second-order valence-electron chi connectivity index (χ2n) is 5.00. The smallest absolute Gasteiger partial charge is 0.169 e. The van der Waals surface area contributed by atoms with Crippen LogP contribution in [0.2, 0.25) is 5.02 Å². The van der Waals surface area contributed by atoms with E-state index in [9.17, 15) is 0 Å². The van der Waals surface area contributed by atoms with Gasteiger partial charge in [-0.1, -0.05) is 11.6 Å². The minimum atomic E-state index is 0.575. The van der Waals surface area contributed by atoms with Crippen LogP contribution in [0.5, 0.6) is 0 Å². The molecule has 8 heteroatoms. The first-order valence-electron chi connectivity index (χ1n) is 7.25. The zero-order valence-electron chi connectivity index (χ0n) is 13.1. The van der Waals surface area contributed by atoms with E-state index in [2.05, 4.69) is 22.4 Å². The molecule has 6 nitrogen and oxygen atoms in total. The summed E-state index contributed by atoms with van der Waals surface area (Å²) < 4.78 is 3.71. The highest BCUT2D eigenvalue weighted by molar-refractivity contribution is 7.80. The summed E-state index contributed by atoms with van der Waals surface area (Å²) in [5.41, 5.74) is 1.93. The molecule has 0 radical (unpaired) electrons. The van der Waals surface area contributed by atoms with Crippen LogP contribution >= 0.6 is 23.8 Å². The van der Waals surface area contributed by atoms with Crippen LogP contribution in [0.4, 0.5) is 0 Å². The fraction of sp³-hybridized carbons (Fsp3) is 0.500. The van der Waals surface area contributed by atoms with Gasteiger partial charge in [-0.15, -0.1) is 0 Å². The maximum absolute atomic E-state index is 6.18. The maximum atomic E-state index is 6.18. The number of aryl methyl sites for hydroxylation is 2. The molecule has 2 heterocycles. The molecular formula is C14H21ClN6S. The van der Waals surface area contributed by atoms with Crippen molar-refractivity contribution in [1.29, 1.82) is 0 Å². The van der Waals surface area contributed by atoms with Crippen LogP contribution in [0, 0.1) is 0 Å².